The number of imide groups is 1. The van der Waals surface area contributed by atoms with Crippen LogP contribution in [0.5, 0.6) is 0 Å². The number of hydrogen-bond acceptors (Lipinski definition) is 7. The number of amides is 4. The lowest BCUT2D eigenvalue weighted by molar-refractivity contribution is -0.125. The monoisotopic (exact) mass is 494 g/mol. The molecule has 2 aromatic carbocycles. The fraction of sp³-hybridized carbons (Fsp3) is 0.292. The summed E-state index contributed by atoms with van der Waals surface area (Å²) < 4.78 is 5.40. The molecule has 0 spiro atoms. The lowest BCUT2D eigenvalue weighted by Gasteiger charge is -2.34. The third kappa shape index (κ3) is 5.18. The van der Waals surface area contributed by atoms with E-state index < -0.39 is 6.03 Å². The summed E-state index contributed by atoms with van der Waals surface area (Å²) in [4.78, 5) is 46.0. The average Bonchev–Trinajstić information content (AvgIpc) is 3.47. The van der Waals surface area contributed by atoms with Gasteiger partial charge in [-0.05, 0) is 42.0 Å². The number of nitrogens with zero attached hydrogens (tertiary/aromatic N) is 5. The molecule has 4 amide bonds. The van der Waals surface area contributed by atoms with Gasteiger partial charge in [-0.1, -0.05) is 28.9 Å². The predicted octanol–water partition coefficient (Wildman–Crippen LogP) is 2.40. The molecule has 2 fully saturated rings. The second kappa shape index (κ2) is 9.85. The zero-order chi connectivity index (χ0) is 24.4. The molecule has 0 saturated carbocycles. The first-order chi connectivity index (χ1) is 17.0. The minimum absolute atomic E-state index is 0.0252. The molecule has 0 unspecified atom stereocenters. The Morgan fingerprint density at radius 1 is 0.971 bits per heavy atom. The van der Waals surface area contributed by atoms with Crippen molar-refractivity contribution in [1.29, 1.82) is 0 Å². The molecule has 2 aliphatic heterocycles. The Hall–Kier alpha value is -3.76. The van der Waals surface area contributed by atoms with Crippen molar-refractivity contribution in [2.75, 3.05) is 32.7 Å². The van der Waals surface area contributed by atoms with Crippen molar-refractivity contribution in [3.8, 4) is 11.4 Å². The van der Waals surface area contributed by atoms with Gasteiger partial charge in [0.1, 0.15) is 0 Å². The van der Waals surface area contributed by atoms with Crippen LogP contribution in [0.4, 0.5) is 4.79 Å². The number of hydrogen-bond donors (Lipinski definition) is 1. The number of piperazine rings is 1. The van der Waals surface area contributed by atoms with Crippen LogP contribution in [0.3, 0.4) is 0 Å². The van der Waals surface area contributed by atoms with Crippen LogP contribution in [0.2, 0.25) is 5.02 Å². The summed E-state index contributed by atoms with van der Waals surface area (Å²) >= 11 is 5.93. The average molecular weight is 495 g/mol. The van der Waals surface area contributed by atoms with E-state index in [1.54, 1.807) is 36.4 Å². The molecule has 0 radical (unpaired) electrons. The van der Waals surface area contributed by atoms with Crippen LogP contribution < -0.4 is 5.32 Å². The van der Waals surface area contributed by atoms with Crippen LogP contribution >= 0.6 is 11.6 Å². The fourth-order valence-corrected chi connectivity index (χ4v) is 4.19. The Labute approximate surface area is 206 Å². The highest BCUT2D eigenvalue weighted by Crippen LogP contribution is 2.20. The van der Waals surface area contributed by atoms with Gasteiger partial charge in [0.2, 0.25) is 17.6 Å². The summed E-state index contributed by atoms with van der Waals surface area (Å²) in [5.74, 6) is 0.739. The zero-order valence-electron chi connectivity index (χ0n) is 18.8. The Morgan fingerprint density at radius 3 is 2.34 bits per heavy atom. The maximum Gasteiger partial charge on any atom is 0.324 e. The highest BCUT2D eigenvalue weighted by Gasteiger charge is 2.28. The van der Waals surface area contributed by atoms with Crippen LogP contribution in [0, 0.1) is 0 Å². The second-order valence-electron chi connectivity index (χ2n) is 8.42. The number of aromatic nitrogens is 2. The van der Waals surface area contributed by atoms with Gasteiger partial charge in [-0.3, -0.25) is 19.4 Å². The smallest absolute Gasteiger partial charge is 0.324 e. The van der Waals surface area contributed by atoms with Gasteiger partial charge in [0, 0.05) is 42.3 Å². The van der Waals surface area contributed by atoms with Crippen molar-refractivity contribution in [1.82, 2.24) is 30.2 Å². The van der Waals surface area contributed by atoms with E-state index in [0.717, 1.165) is 16.0 Å². The minimum Gasteiger partial charge on any atom is -0.338 e. The number of benzene rings is 2. The number of rotatable bonds is 6. The first kappa shape index (κ1) is 23.0. The lowest BCUT2D eigenvalue weighted by Crippen LogP contribution is -2.48. The van der Waals surface area contributed by atoms with Crippen molar-refractivity contribution >= 4 is 29.4 Å². The van der Waals surface area contributed by atoms with Crippen LogP contribution in [0.15, 0.2) is 53.1 Å². The molecule has 10 nitrogen and oxygen atoms in total. The molecule has 2 saturated heterocycles. The highest BCUT2D eigenvalue weighted by atomic mass is 35.5. The van der Waals surface area contributed by atoms with Crippen molar-refractivity contribution in [2.24, 2.45) is 0 Å². The molecule has 11 heteroatoms. The Morgan fingerprint density at radius 2 is 1.69 bits per heavy atom. The Balaban J connectivity index is 1.13. The summed E-state index contributed by atoms with van der Waals surface area (Å²) in [5, 5.41) is 7.19. The molecule has 2 aliphatic rings. The molecule has 180 valence electrons. The van der Waals surface area contributed by atoms with Gasteiger partial charge in [-0.25, -0.2) is 4.79 Å². The highest BCUT2D eigenvalue weighted by molar-refractivity contribution is 6.30. The number of carbonyl (C=O) groups is 3. The SMILES string of the molecule is O=C(c1ccc(CN2C(=O)CNC2=O)cc1)N1CCN(Cc2nc(-c3ccc(Cl)cc3)no2)CC1. The summed E-state index contributed by atoms with van der Waals surface area (Å²) in [6, 6.07) is 13.9. The largest absolute Gasteiger partial charge is 0.338 e. The van der Waals surface area contributed by atoms with Gasteiger partial charge in [0.05, 0.1) is 19.6 Å². The molecular formula is C24H23ClN6O4. The number of urea groups is 1. The summed E-state index contributed by atoms with van der Waals surface area (Å²) in [5.41, 5.74) is 2.19. The molecule has 5 rings (SSSR count). The van der Waals surface area contributed by atoms with E-state index >= 15 is 0 Å². The molecule has 0 atom stereocenters. The maximum absolute atomic E-state index is 12.9. The molecule has 1 aromatic heterocycles. The van der Waals surface area contributed by atoms with Crippen LogP contribution in [-0.4, -0.2) is 75.4 Å². The number of halogens is 1. The van der Waals surface area contributed by atoms with Crippen molar-refractivity contribution in [3.05, 3.63) is 70.6 Å². The second-order valence-corrected chi connectivity index (χ2v) is 8.86. The van der Waals surface area contributed by atoms with Crippen LogP contribution in [0.1, 0.15) is 21.8 Å². The van der Waals surface area contributed by atoms with Gasteiger partial charge in [-0.15, -0.1) is 0 Å². The Kier molecular flexibility index (Phi) is 6.47. The molecular weight excluding hydrogens is 472 g/mol. The van der Waals surface area contributed by atoms with E-state index in [-0.39, 0.29) is 24.9 Å². The molecule has 35 heavy (non-hydrogen) atoms. The minimum atomic E-state index is -0.394. The van der Waals surface area contributed by atoms with E-state index in [9.17, 15) is 14.4 Å². The maximum atomic E-state index is 12.9. The number of carbonyl (C=O) groups excluding carboxylic acids is 3. The van der Waals surface area contributed by atoms with Crippen molar-refractivity contribution in [2.45, 2.75) is 13.1 Å². The van der Waals surface area contributed by atoms with Crippen LogP contribution in [0.25, 0.3) is 11.4 Å². The predicted molar refractivity (Wildman–Crippen MR) is 126 cm³/mol. The standard InChI is InChI=1S/C24H23ClN6O4/c25-19-7-5-17(6-8-19)22-27-20(35-28-22)15-29-9-11-30(12-10-29)23(33)18-3-1-16(2-4-18)14-31-21(32)13-26-24(31)34/h1-8H,9-15H2,(H,26,34). The molecule has 3 aromatic rings. The Bertz CT molecular complexity index is 1220. The normalized spacial score (nSPS) is 16.6. The summed E-state index contributed by atoms with van der Waals surface area (Å²) in [7, 11) is 0. The molecule has 0 bridgehead atoms. The molecule has 3 heterocycles. The first-order valence-corrected chi connectivity index (χ1v) is 11.6. The van der Waals surface area contributed by atoms with Gasteiger partial charge in [0.15, 0.2) is 0 Å². The van der Waals surface area contributed by atoms with Crippen molar-refractivity contribution in [3.63, 3.8) is 0 Å². The zero-order valence-corrected chi connectivity index (χ0v) is 19.6. The van der Waals surface area contributed by atoms with E-state index in [2.05, 4.69) is 20.4 Å². The van der Waals surface area contributed by atoms with Crippen LogP contribution in [-0.2, 0) is 17.9 Å². The molecule has 0 aliphatic carbocycles. The van der Waals surface area contributed by atoms with Gasteiger partial charge < -0.3 is 14.7 Å². The lowest BCUT2D eigenvalue weighted by atomic mass is 10.1. The van der Waals surface area contributed by atoms with E-state index in [4.69, 9.17) is 16.1 Å². The quantitative estimate of drug-likeness (QED) is 0.524. The summed E-state index contributed by atoms with van der Waals surface area (Å²) in [6.45, 7) is 3.27. The summed E-state index contributed by atoms with van der Waals surface area (Å²) in [6.07, 6.45) is 0. The van der Waals surface area contributed by atoms with Gasteiger partial charge in [-0.2, -0.15) is 4.98 Å². The van der Waals surface area contributed by atoms with Gasteiger partial charge >= 0.3 is 6.03 Å². The van der Waals surface area contributed by atoms with Crippen molar-refractivity contribution < 1.29 is 18.9 Å². The third-order valence-electron chi connectivity index (χ3n) is 6.07. The van der Waals surface area contributed by atoms with E-state index in [1.807, 2.05) is 17.0 Å². The van der Waals surface area contributed by atoms with Gasteiger partial charge in [0.25, 0.3) is 5.91 Å². The molecule has 1 N–H and O–H groups in total. The van der Waals surface area contributed by atoms with E-state index in [1.165, 1.54) is 0 Å². The first-order valence-electron chi connectivity index (χ1n) is 11.2. The topological polar surface area (TPSA) is 112 Å². The number of nitrogens with one attached hydrogen (secondary N) is 1. The fourth-order valence-electron chi connectivity index (χ4n) is 4.07. The third-order valence-corrected chi connectivity index (χ3v) is 6.32. The van der Waals surface area contributed by atoms with E-state index in [0.29, 0.717) is 55.0 Å².